The molecule has 0 bridgehead atoms. The van der Waals surface area contributed by atoms with Crippen molar-refractivity contribution in [2.24, 2.45) is 0 Å². The van der Waals surface area contributed by atoms with Crippen molar-refractivity contribution in [1.29, 1.82) is 0 Å². The minimum absolute atomic E-state index is 0.0336. The number of hydrogen-bond acceptors (Lipinski definition) is 5. The van der Waals surface area contributed by atoms with Crippen LogP contribution in [0.4, 0.5) is 5.69 Å². The van der Waals surface area contributed by atoms with Crippen molar-refractivity contribution < 1.29 is 9.53 Å². The second kappa shape index (κ2) is 4.96. The molecule has 0 amide bonds. The van der Waals surface area contributed by atoms with Gasteiger partial charge in [0, 0.05) is 6.20 Å². The van der Waals surface area contributed by atoms with Crippen LogP contribution in [0.2, 0.25) is 0 Å². The first-order chi connectivity index (χ1) is 9.32. The van der Waals surface area contributed by atoms with Crippen molar-refractivity contribution in [2.45, 2.75) is 26.2 Å². The number of methoxy groups -OCH3 is 1. The lowest BCUT2D eigenvalue weighted by atomic mass is 9.88. The van der Waals surface area contributed by atoms with Crippen LogP contribution in [-0.2, 0) is 10.2 Å². The number of esters is 1. The van der Waals surface area contributed by atoms with Crippen LogP contribution in [0.25, 0.3) is 5.82 Å². The Morgan fingerprint density at radius 3 is 2.55 bits per heavy atom. The van der Waals surface area contributed by atoms with Gasteiger partial charge in [0.15, 0.2) is 11.5 Å². The van der Waals surface area contributed by atoms with Crippen LogP contribution in [0.5, 0.6) is 0 Å². The highest BCUT2D eigenvalue weighted by Gasteiger charge is 2.17. The van der Waals surface area contributed by atoms with Gasteiger partial charge in [0.1, 0.15) is 0 Å². The van der Waals surface area contributed by atoms with Crippen molar-refractivity contribution in [3.05, 3.63) is 35.8 Å². The van der Waals surface area contributed by atoms with E-state index >= 15 is 0 Å². The Morgan fingerprint density at radius 1 is 1.35 bits per heavy atom. The third-order valence-electron chi connectivity index (χ3n) is 2.97. The number of pyridine rings is 1. The second-order valence-electron chi connectivity index (χ2n) is 5.52. The monoisotopic (exact) mass is 274 g/mol. The first kappa shape index (κ1) is 14.0. The van der Waals surface area contributed by atoms with Gasteiger partial charge in [-0.05, 0) is 17.0 Å². The van der Waals surface area contributed by atoms with Crippen LogP contribution in [0, 0.1) is 0 Å². The number of nitrogens with zero attached hydrogens (tertiary/aromatic N) is 3. The lowest BCUT2D eigenvalue weighted by Gasteiger charge is -2.18. The second-order valence-corrected chi connectivity index (χ2v) is 5.52. The smallest absolute Gasteiger partial charge is 0.360 e. The zero-order valence-electron chi connectivity index (χ0n) is 12.0. The Kier molecular flexibility index (Phi) is 3.48. The summed E-state index contributed by atoms with van der Waals surface area (Å²) in [6, 6.07) is 3.83. The lowest BCUT2D eigenvalue weighted by molar-refractivity contribution is 0.0594. The molecule has 2 rings (SSSR count). The fraction of sp³-hybridized carbons (Fsp3) is 0.357. The summed E-state index contributed by atoms with van der Waals surface area (Å²) >= 11 is 0. The van der Waals surface area contributed by atoms with E-state index in [4.69, 9.17) is 5.73 Å². The third kappa shape index (κ3) is 2.64. The summed E-state index contributed by atoms with van der Waals surface area (Å²) in [5, 5.41) is 4.10. The van der Waals surface area contributed by atoms with E-state index in [-0.39, 0.29) is 16.8 Å². The maximum atomic E-state index is 11.5. The topological polar surface area (TPSA) is 83.0 Å². The van der Waals surface area contributed by atoms with Crippen LogP contribution in [0.3, 0.4) is 0 Å². The maximum absolute atomic E-state index is 11.5. The largest absolute Gasteiger partial charge is 0.464 e. The SMILES string of the molecule is COC(=O)c1nn(-c2ccc(C(C)(C)C)cn2)cc1N. The van der Waals surface area contributed by atoms with Gasteiger partial charge >= 0.3 is 5.97 Å². The molecular weight excluding hydrogens is 256 g/mol. The molecule has 0 spiro atoms. The van der Waals surface area contributed by atoms with E-state index in [0.717, 1.165) is 5.56 Å². The molecule has 0 atom stereocenters. The van der Waals surface area contributed by atoms with Gasteiger partial charge in [0.2, 0.25) is 0 Å². The molecule has 6 nitrogen and oxygen atoms in total. The van der Waals surface area contributed by atoms with E-state index in [2.05, 4.69) is 35.6 Å². The van der Waals surface area contributed by atoms with Crippen LogP contribution < -0.4 is 5.73 Å². The zero-order valence-corrected chi connectivity index (χ0v) is 12.0. The van der Waals surface area contributed by atoms with E-state index in [1.54, 1.807) is 12.4 Å². The number of hydrogen-bond donors (Lipinski definition) is 1. The van der Waals surface area contributed by atoms with Gasteiger partial charge in [-0.2, -0.15) is 5.10 Å². The van der Waals surface area contributed by atoms with Gasteiger partial charge < -0.3 is 10.5 Å². The molecule has 0 aliphatic rings. The first-order valence-corrected chi connectivity index (χ1v) is 6.23. The maximum Gasteiger partial charge on any atom is 0.360 e. The average Bonchev–Trinajstić information content (AvgIpc) is 2.79. The van der Waals surface area contributed by atoms with Crippen molar-refractivity contribution in [3.8, 4) is 5.82 Å². The van der Waals surface area contributed by atoms with Crippen molar-refractivity contribution in [1.82, 2.24) is 14.8 Å². The Balaban J connectivity index is 2.35. The fourth-order valence-corrected chi connectivity index (χ4v) is 1.73. The van der Waals surface area contributed by atoms with Gasteiger partial charge in [-0.1, -0.05) is 26.8 Å². The number of ether oxygens (including phenoxy) is 1. The minimum Gasteiger partial charge on any atom is -0.464 e. The van der Waals surface area contributed by atoms with Crippen LogP contribution in [0.1, 0.15) is 36.8 Å². The predicted octanol–water partition coefficient (Wildman–Crippen LogP) is 1.93. The molecule has 2 N–H and O–H groups in total. The molecule has 0 saturated heterocycles. The molecule has 0 aliphatic carbocycles. The summed E-state index contributed by atoms with van der Waals surface area (Å²) < 4.78 is 6.08. The highest BCUT2D eigenvalue weighted by Crippen LogP contribution is 2.22. The van der Waals surface area contributed by atoms with E-state index in [1.165, 1.54) is 11.8 Å². The Hall–Kier alpha value is -2.37. The van der Waals surface area contributed by atoms with Gasteiger partial charge in [0.05, 0.1) is 19.0 Å². The molecule has 0 unspecified atom stereocenters. The number of nitrogens with two attached hydrogens (primary N) is 1. The molecule has 0 radical (unpaired) electrons. The quantitative estimate of drug-likeness (QED) is 0.846. The van der Waals surface area contributed by atoms with E-state index in [1.807, 2.05) is 12.1 Å². The minimum atomic E-state index is -0.562. The molecule has 0 aliphatic heterocycles. The lowest BCUT2D eigenvalue weighted by Crippen LogP contribution is -2.12. The Labute approximate surface area is 117 Å². The molecule has 0 aromatic carbocycles. The number of carbonyl (C=O) groups is 1. The fourth-order valence-electron chi connectivity index (χ4n) is 1.73. The van der Waals surface area contributed by atoms with Gasteiger partial charge in [-0.3, -0.25) is 0 Å². The summed E-state index contributed by atoms with van der Waals surface area (Å²) in [6.45, 7) is 6.35. The standard InChI is InChI=1S/C14H18N4O2/c1-14(2,3)9-5-6-11(16-7-9)18-8-10(15)12(17-18)13(19)20-4/h5-8H,15H2,1-4H3. The number of carbonyl (C=O) groups excluding carboxylic acids is 1. The van der Waals surface area contributed by atoms with Crippen LogP contribution in [0.15, 0.2) is 24.5 Å². The Bertz CT molecular complexity index is 624. The van der Waals surface area contributed by atoms with Crippen molar-refractivity contribution in [2.75, 3.05) is 12.8 Å². The third-order valence-corrected chi connectivity index (χ3v) is 2.97. The van der Waals surface area contributed by atoms with Gasteiger partial charge in [0.25, 0.3) is 0 Å². The van der Waals surface area contributed by atoms with Gasteiger partial charge in [-0.25, -0.2) is 14.5 Å². The molecule has 20 heavy (non-hydrogen) atoms. The van der Waals surface area contributed by atoms with Gasteiger partial charge in [-0.15, -0.1) is 0 Å². The molecule has 106 valence electrons. The highest BCUT2D eigenvalue weighted by atomic mass is 16.5. The number of aromatic nitrogens is 3. The molecule has 6 heteroatoms. The molecule has 0 saturated carbocycles. The van der Waals surface area contributed by atoms with E-state index in [0.29, 0.717) is 5.82 Å². The molecule has 2 aromatic rings. The first-order valence-electron chi connectivity index (χ1n) is 6.23. The van der Waals surface area contributed by atoms with Crippen molar-refractivity contribution in [3.63, 3.8) is 0 Å². The summed E-state index contributed by atoms with van der Waals surface area (Å²) in [5.74, 6) is 0.0346. The molecular formula is C14H18N4O2. The molecule has 2 aromatic heterocycles. The van der Waals surface area contributed by atoms with E-state index < -0.39 is 5.97 Å². The summed E-state index contributed by atoms with van der Waals surface area (Å²) in [6.07, 6.45) is 3.34. The zero-order chi connectivity index (χ0) is 14.9. The average molecular weight is 274 g/mol. The Morgan fingerprint density at radius 2 is 2.05 bits per heavy atom. The van der Waals surface area contributed by atoms with Crippen molar-refractivity contribution >= 4 is 11.7 Å². The summed E-state index contributed by atoms with van der Waals surface area (Å²) in [4.78, 5) is 15.8. The molecule has 0 fully saturated rings. The van der Waals surface area contributed by atoms with Crippen LogP contribution in [-0.4, -0.2) is 27.8 Å². The number of nitrogen functional groups attached to an aromatic ring is 1. The summed E-state index contributed by atoms with van der Waals surface area (Å²) in [7, 11) is 1.29. The van der Waals surface area contributed by atoms with E-state index in [9.17, 15) is 4.79 Å². The summed E-state index contributed by atoms with van der Waals surface area (Å²) in [5.41, 5.74) is 7.25. The number of rotatable bonds is 2. The highest BCUT2D eigenvalue weighted by molar-refractivity contribution is 5.92. The van der Waals surface area contributed by atoms with Crippen LogP contribution >= 0.6 is 0 Å². The molecule has 2 heterocycles. The number of anilines is 1. The normalized spacial score (nSPS) is 11.4. The predicted molar refractivity (Wildman–Crippen MR) is 75.8 cm³/mol.